The molecule has 0 saturated carbocycles. The summed E-state index contributed by atoms with van der Waals surface area (Å²) >= 11 is 0. The van der Waals surface area contributed by atoms with Gasteiger partial charge in [-0.25, -0.2) is 0 Å². The van der Waals surface area contributed by atoms with Crippen LogP contribution >= 0.6 is 0 Å². The smallest absolute Gasteiger partial charge is 0.416 e. The summed E-state index contributed by atoms with van der Waals surface area (Å²) in [7, 11) is 0. The van der Waals surface area contributed by atoms with Crippen LogP contribution in [0.3, 0.4) is 0 Å². The quantitative estimate of drug-likeness (QED) is 0.936. The van der Waals surface area contributed by atoms with Crippen LogP contribution in [0.4, 0.5) is 18.9 Å². The summed E-state index contributed by atoms with van der Waals surface area (Å²) < 4.78 is 42.3. The van der Waals surface area contributed by atoms with E-state index in [2.05, 4.69) is 5.32 Å². The maximum Gasteiger partial charge on any atom is 0.416 e. The predicted molar refractivity (Wildman–Crippen MR) is 76.7 cm³/mol. The van der Waals surface area contributed by atoms with Crippen LogP contribution in [-0.4, -0.2) is 12.5 Å². The van der Waals surface area contributed by atoms with E-state index < -0.39 is 17.6 Å². The van der Waals surface area contributed by atoms with Crippen molar-refractivity contribution in [1.29, 1.82) is 5.26 Å². The van der Waals surface area contributed by atoms with Crippen LogP contribution in [-0.2, 0) is 11.0 Å². The molecule has 0 spiro atoms. The molecule has 0 aliphatic rings. The number of nitriles is 1. The zero-order chi connectivity index (χ0) is 16.9. The van der Waals surface area contributed by atoms with Crippen molar-refractivity contribution in [2.75, 3.05) is 11.9 Å². The van der Waals surface area contributed by atoms with E-state index in [4.69, 9.17) is 10.00 Å². The van der Waals surface area contributed by atoms with Crippen LogP contribution in [0.5, 0.6) is 5.75 Å². The van der Waals surface area contributed by atoms with Crippen molar-refractivity contribution in [2.45, 2.75) is 6.18 Å². The van der Waals surface area contributed by atoms with E-state index in [9.17, 15) is 18.0 Å². The number of benzene rings is 2. The molecule has 0 radical (unpaired) electrons. The van der Waals surface area contributed by atoms with E-state index in [1.165, 1.54) is 0 Å². The van der Waals surface area contributed by atoms with Crippen molar-refractivity contribution in [3.8, 4) is 11.8 Å². The Morgan fingerprint density at radius 3 is 2.22 bits per heavy atom. The van der Waals surface area contributed by atoms with E-state index in [1.807, 2.05) is 6.07 Å². The maximum absolute atomic E-state index is 12.4. The number of halogens is 3. The Labute approximate surface area is 130 Å². The molecule has 4 nitrogen and oxygen atoms in total. The number of carbonyl (C=O) groups excluding carboxylic acids is 1. The fraction of sp³-hybridized carbons (Fsp3) is 0.125. The van der Waals surface area contributed by atoms with E-state index in [-0.39, 0.29) is 12.4 Å². The van der Waals surface area contributed by atoms with Gasteiger partial charge in [0.15, 0.2) is 6.61 Å². The monoisotopic (exact) mass is 320 g/mol. The molecule has 0 aliphatic carbocycles. The third-order valence-electron chi connectivity index (χ3n) is 2.85. The van der Waals surface area contributed by atoms with Crippen LogP contribution in [0.15, 0.2) is 48.5 Å². The fourth-order valence-electron chi connectivity index (χ4n) is 1.71. The molecule has 0 atom stereocenters. The van der Waals surface area contributed by atoms with Gasteiger partial charge in [0, 0.05) is 5.69 Å². The van der Waals surface area contributed by atoms with Gasteiger partial charge >= 0.3 is 6.18 Å². The van der Waals surface area contributed by atoms with Crippen molar-refractivity contribution in [3.05, 3.63) is 59.7 Å². The Morgan fingerprint density at radius 1 is 1.09 bits per heavy atom. The average Bonchev–Trinajstić information content (AvgIpc) is 2.53. The zero-order valence-electron chi connectivity index (χ0n) is 11.7. The second-order valence-electron chi connectivity index (χ2n) is 4.55. The number of amides is 1. The van der Waals surface area contributed by atoms with Crippen LogP contribution in [0.2, 0.25) is 0 Å². The molecule has 2 rings (SSSR count). The van der Waals surface area contributed by atoms with Gasteiger partial charge in [-0.05, 0) is 48.5 Å². The Bertz CT molecular complexity index is 717. The molecule has 0 aliphatic heterocycles. The molecule has 0 unspecified atom stereocenters. The molecule has 0 aromatic heterocycles. The molecule has 2 aromatic carbocycles. The van der Waals surface area contributed by atoms with E-state index in [0.717, 1.165) is 24.3 Å². The van der Waals surface area contributed by atoms with Crippen LogP contribution in [0.1, 0.15) is 11.1 Å². The standard InChI is InChI=1S/C16H11F3N2O2/c17-16(18,19)12-3-7-14(8-4-12)23-10-15(22)21-13-5-1-11(9-20)2-6-13/h1-8H,10H2,(H,21,22). The van der Waals surface area contributed by atoms with Crippen molar-refractivity contribution in [3.63, 3.8) is 0 Å². The minimum absolute atomic E-state index is 0.160. The summed E-state index contributed by atoms with van der Waals surface area (Å²) in [6.45, 7) is -0.342. The molecular weight excluding hydrogens is 309 g/mol. The molecule has 0 fully saturated rings. The summed E-state index contributed by atoms with van der Waals surface area (Å²) in [5.74, 6) is -0.303. The van der Waals surface area contributed by atoms with Crippen LogP contribution < -0.4 is 10.1 Å². The Morgan fingerprint density at radius 2 is 1.70 bits per heavy atom. The number of nitrogens with one attached hydrogen (secondary N) is 1. The molecule has 7 heteroatoms. The SMILES string of the molecule is N#Cc1ccc(NC(=O)COc2ccc(C(F)(F)F)cc2)cc1. The number of anilines is 1. The first kappa shape index (κ1) is 16.4. The van der Waals surface area contributed by atoms with E-state index >= 15 is 0 Å². The van der Waals surface area contributed by atoms with Gasteiger partial charge in [-0.1, -0.05) is 0 Å². The summed E-state index contributed by atoms with van der Waals surface area (Å²) in [4.78, 5) is 11.7. The molecule has 1 N–H and O–H groups in total. The topological polar surface area (TPSA) is 62.1 Å². The number of ether oxygens (including phenoxy) is 1. The molecule has 23 heavy (non-hydrogen) atoms. The number of alkyl halides is 3. The second-order valence-corrected chi connectivity index (χ2v) is 4.55. The van der Waals surface area contributed by atoms with Gasteiger partial charge in [-0.3, -0.25) is 4.79 Å². The van der Waals surface area contributed by atoms with Crippen LogP contribution in [0.25, 0.3) is 0 Å². The van der Waals surface area contributed by atoms with Gasteiger partial charge in [-0.2, -0.15) is 18.4 Å². The molecule has 0 bridgehead atoms. The highest BCUT2D eigenvalue weighted by Crippen LogP contribution is 2.30. The summed E-state index contributed by atoms with van der Waals surface area (Å²) in [5, 5.41) is 11.2. The Balaban J connectivity index is 1.87. The molecule has 0 saturated heterocycles. The Hall–Kier alpha value is -3.01. The van der Waals surface area contributed by atoms with Gasteiger partial charge in [0.2, 0.25) is 0 Å². The number of hydrogen-bond donors (Lipinski definition) is 1. The molecule has 118 valence electrons. The molecule has 0 heterocycles. The highest BCUT2D eigenvalue weighted by Gasteiger charge is 2.30. The number of carbonyl (C=O) groups is 1. The first-order valence-electron chi connectivity index (χ1n) is 6.48. The molecule has 1 amide bonds. The fourth-order valence-corrected chi connectivity index (χ4v) is 1.71. The van der Waals surface area contributed by atoms with Gasteiger partial charge < -0.3 is 10.1 Å². The first-order chi connectivity index (χ1) is 10.9. The van der Waals surface area contributed by atoms with Gasteiger partial charge in [0.25, 0.3) is 5.91 Å². The molecule has 2 aromatic rings. The second kappa shape index (κ2) is 6.83. The normalized spacial score (nSPS) is 10.7. The van der Waals surface area contributed by atoms with Gasteiger partial charge in [0.1, 0.15) is 5.75 Å². The van der Waals surface area contributed by atoms with Crippen molar-refractivity contribution < 1.29 is 22.7 Å². The van der Waals surface area contributed by atoms with E-state index in [1.54, 1.807) is 24.3 Å². The lowest BCUT2D eigenvalue weighted by molar-refractivity contribution is -0.137. The summed E-state index contributed by atoms with van der Waals surface area (Å²) in [5.41, 5.74) is 0.168. The summed E-state index contributed by atoms with van der Waals surface area (Å²) in [6.07, 6.45) is -4.41. The van der Waals surface area contributed by atoms with Gasteiger partial charge in [-0.15, -0.1) is 0 Å². The third-order valence-corrected chi connectivity index (χ3v) is 2.85. The Kier molecular flexibility index (Phi) is 4.86. The van der Waals surface area contributed by atoms with Crippen LogP contribution in [0, 0.1) is 11.3 Å². The number of nitrogens with zero attached hydrogens (tertiary/aromatic N) is 1. The lowest BCUT2D eigenvalue weighted by Crippen LogP contribution is -2.20. The van der Waals surface area contributed by atoms with Crippen molar-refractivity contribution in [2.24, 2.45) is 0 Å². The predicted octanol–water partition coefficient (Wildman–Crippen LogP) is 3.59. The van der Waals surface area contributed by atoms with Crippen molar-refractivity contribution >= 4 is 11.6 Å². The largest absolute Gasteiger partial charge is 0.484 e. The lowest BCUT2D eigenvalue weighted by atomic mass is 10.2. The average molecular weight is 320 g/mol. The maximum atomic E-state index is 12.4. The highest BCUT2D eigenvalue weighted by atomic mass is 19.4. The summed E-state index contributed by atoms with van der Waals surface area (Å²) in [6, 6.07) is 12.2. The third kappa shape index (κ3) is 4.74. The zero-order valence-corrected chi connectivity index (χ0v) is 11.7. The van der Waals surface area contributed by atoms with Crippen molar-refractivity contribution in [1.82, 2.24) is 0 Å². The number of hydrogen-bond acceptors (Lipinski definition) is 3. The highest BCUT2D eigenvalue weighted by molar-refractivity contribution is 5.91. The first-order valence-corrected chi connectivity index (χ1v) is 6.48. The minimum Gasteiger partial charge on any atom is -0.484 e. The lowest BCUT2D eigenvalue weighted by Gasteiger charge is -2.09. The van der Waals surface area contributed by atoms with Gasteiger partial charge in [0.05, 0.1) is 17.2 Å². The minimum atomic E-state index is -4.41. The van der Waals surface area contributed by atoms with E-state index in [0.29, 0.717) is 11.3 Å². The molecular formula is C16H11F3N2O2. The number of rotatable bonds is 4.